The van der Waals surface area contributed by atoms with E-state index in [1.54, 1.807) is 37.5 Å². The average molecular weight is 429 g/mol. The molecule has 0 radical (unpaired) electrons. The predicted molar refractivity (Wildman–Crippen MR) is 116 cm³/mol. The second-order valence-electron chi connectivity index (χ2n) is 7.32. The van der Waals surface area contributed by atoms with Crippen LogP contribution in [0.4, 0.5) is 17.5 Å². The topological polar surface area (TPSA) is 126 Å². The first-order valence-corrected chi connectivity index (χ1v) is 11.0. The summed E-state index contributed by atoms with van der Waals surface area (Å²) < 4.78 is 17.0. The quantitative estimate of drug-likeness (QED) is 0.550. The molecule has 10 heteroatoms. The third-order valence-electron chi connectivity index (χ3n) is 5.18. The predicted octanol–water partition coefficient (Wildman–Crippen LogP) is 2.30. The van der Waals surface area contributed by atoms with E-state index in [1.807, 2.05) is 6.07 Å². The minimum absolute atomic E-state index is 0.00646. The fourth-order valence-electron chi connectivity index (χ4n) is 3.56. The lowest BCUT2D eigenvalue weighted by Gasteiger charge is -2.32. The van der Waals surface area contributed by atoms with E-state index in [4.69, 9.17) is 14.5 Å². The highest BCUT2D eigenvalue weighted by atomic mass is 32.2. The number of nitrogens with one attached hydrogen (secondary N) is 2. The maximum atomic E-state index is 11.4. The number of benzene rings is 1. The van der Waals surface area contributed by atoms with Crippen molar-refractivity contribution >= 4 is 45.4 Å². The van der Waals surface area contributed by atoms with Crippen LogP contribution in [0.5, 0.6) is 0 Å². The number of amides is 1. The van der Waals surface area contributed by atoms with Gasteiger partial charge in [-0.2, -0.15) is 4.98 Å². The molecule has 1 aliphatic rings. The lowest BCUT2D eigenvalue weighted by molar-refractivity contribution is -0.119. The van der Waals surface area contributed by atoms with Gasteiger partial charge in [-0.25, -0.2) is 14.3 Å². The molecule has 158 valence electrons. The van der Waals surface area contributed by atoms with E-state index >= 15 is 0 Å². The number of carbonyl (C=O) groups excluding carboxylic acids is 1. The van der Waals surface area contributed by atoms with E-state index in [2.05, 4.69) is 20.5 Å². The first kappa shape index (κ1) is 20.3. The number of anilines is 3. The third-order valence-corrected chi connectivity index (χ3v) is 5.92. The Morgan fingerprint density at radius 3 is 2.63 bits per heavy atom. The van der Waals surface area contributed by atoms with Crippen LogP contribution in [0.3, 0.4) is 0 Å². The summed E-state index contributed by atoms with van der Waals surface area (Å²) in [5.41, 5.74) is 2.16. The second kappa shape index (κ2) is 8.80. The normalized spacial score (nSPS) is 15.9. The van der Waals surface area contributed by atoms with Crippen LogP contribution in [0.2, 0.25) is 0 Å². The molecule has 0 spiro atoms. The van der Waals surface area contributed by atoms with Gasteiger partial charge in [0.15, 0.2) is 11.4 Å². The van der Waals surface area contributed by atoms with Crippen molar-refractivity contribution in [2.24, 2.45) is 11.1 Å². The van der Waals surface area contributed by atoms with Crippen LogP contribution >= 0.6 is 0 Å². The fraction of sp³-hybridized carbons (Fsp3) is 0.350. The Labute approximate surface area is 176 Å². The molecule has 1 amide bonds. The number of hydrogen-bond acceptors (Lipinski definition) is 7. The van der Waals surface area contributed by atoms with Crippen LogP contribution in [0.15, 0.2) is 45.9 Å². The number of furan rings is 1. The van der Waals surface area contributed by atoms with Crippen LogP contribution in [0, 0.1) is 5.92 Å². The average Bonchev–Trinajstić information content (AvgIpc) is 3.21. The summed E-state index contributed by atoms with van der Waals surface area (Å²) in [6, 6.07) is 8.80. The lowest BCUT2D eigenvalue weighted by Crippen LogP contribution is -2.38. The van der Waals surface area contributed by atoms with E-state index < -0.39 is 11.0 Å². The van der Waals surface area contributed by atoms with Crippen molar-refractivity contribution in [1.29, 1.82) is 0 Å². The van der Waals surface area contributed by atoms with Crippen LogP contribution in [0.1, 0.15) is 19.8 Å². The fourth-order valence-corrected chi connectivity index (χ4v) is 3.96. The number of hydrogen-bond donors (Lipinski definition) is 3. The summed E-state index contributed by atoms with van der Waals surface area (Å²) in [7, 11) is -1.51. The number of rotatable bonds is 6. The number of aromatic nitrogens is 2. The van der Waals surface area contributed by atoms with Gasteiger partial charge in [-0.05, 0) is 43.0 Å². The molecule has 9 nitrogen and oxygen atoms in total. The minimum Gasteiger partial charge on any atom is -0.459 e. The van der Waals surface area contributed by atoms with Crippen molar-refractivity contribution in [2.75, 3.05) is 29.9 Å². The van der Waals surface area contributed by atoms with Gasteiger partial charge in [-0.3, -0.25) is 4.79 Å². The first-order valence-electron chi connectivity index (χ1n) is 9.77. The summed E-state index contributed by atoms with van der Waals surface area (Å²) in [5.74, 6) is 1.68. The molecule has 1 atom stereocenters. The number of nitrogens with zero attached hydrogens (tertiary/aromatic N) is 3. The Morgan fingerprint density at radius 2 is 1.97 bits per heavy atom. The number of nitrogens with two attached hydrogens (primary N) is 1. The smallest absolute Gasteiger partial charge is 0.229 e. The highest BCUT2D eigenvalue weighted by Gasteiger charge is 2.24. The summed E-state index contributed by atoms with van der Waals surface area (Å²) in [6.07, 6.45) is 3.54. The Morgan fingerprint density at radius 1 is 1.23 bits per heavy atom. The molecule has 30 heavy (non-hydrogen) atoms. The van der Waals surface area contributed by atoms with E-state index in [0.29, 0.717) is 28.9 Å². The van der Waals surface area contributed by atoms with Crippen LogP contribution in [-0.2, 0) is 15.8 Å². The Bertz CT molecular complexity index is 1060. The van der Waals surface area contributed by atoms with Crippen LogP contribution in [0.25, 0.3) is 11.1 Å². The molecule has 3 heterocycles. The van der Waals surface area contributed by atoms with Crippen molar-refractivity contribution in [3.8, 4) is 0 Å². The molecule has 4 N–H and O–H groups in total. The van der Waals surface area contributed by atoms with Crippen molar-refractivity contribution in [3.05, 3.63) is 36.6 Å². The Kier molecular flexibility index (Phi) is 5.96. The molecule has 1 aromatic carbocycles. The van der Waals surface area contributed by atoms with Gasteiger partial charge in [-0.1, -0.05) is 0 Å². The van der Waals surface area contributed by atoms with Gasteiger partial charge in [0.1, 0.15) is 16.5 Å². The SMILES string of the molecule is CC(=O)NCC1CCN(c2nc(Nc3ccc(S(N)=O)cc3)nc3ccoc23)CC1. The summed E-state index contributed by atoms with van der Waals surface area (Å²) in [6.45, 7) is 3.90. The summed E-state index contributed by atoms with van der Waals surface area (Å²) >= 11 is 0. The molecule has 1 fully saturated rings. The molecular weight excluding hydrogens is 404 g/mol. The Balaban J connectivity index is 1.52. The van der Waals surface area contributed by atoms with Gasteiger partial charge in [0.25, 0.3) is 0 Å². The zero-order valence-electron chi connectivity index (χ0n) is 16.6. The highest BCUT2D eigenvalue weighted by molar-refractivity contribution is 7.82. The van der Waals surface area contributed by atoms with Gasteiger partial charge in [0, 0.05) is 38.3 Å². The Hall–Kier alpha value is -2.98. The molecule has 0 aliphatic carbocycles. The van der Waals surface area contributed by atoms with Gasteiger partial charge in [0.2, 0.25) is 11.9 Å². The molecule has 0 bridgehead atoms. The van der Waals surface area contributed by atoms with Crippen molar-refractivity contribution < 1.29 is 13.4 Å². The van der Waals surface area contributed by atoms with Crippen LogP contribution < -0.4 is 20.7 Å². The molecule has 2 aromatic heterocycles. The molecule has 3 aromatic rings. The van der Waals surface area contributed by atoms with Gasteiger partial charge < -0.3 is 20.0 Å². The summed E-state index contributed by atoms with van der Waals surface area (Å²) in [4.78, 5) is 23.1. The van der Waals surface area contributed by atoms with E-state index in [1.165, 1.54) is 0 Å². The van der Waals surface area contributed by atoms with Crippen LogP contribution in [-0.4, -0.2) is 39.7 Å². The second-order valence-corrected chi connectivity index (χ2v) is 8.39. The van der Waals surface area contributed by atoms with Gasteiger partial charge >= 0.3 is 0 Å². The largest absolute Gasteiger partial charge is 0.459 e. The monoisotopic (exact) mass is 428 g/mol. The number of fused-ring (bicyclic) bond motifs is 1. The van der Waals surface area contributed by atoms with E-state index in [0.717, 1.165) is 43.0 Å². The molecule has 0 saturated carbocycles. The van der Waals surface area contributed by atoms with Crippen molar-refractivity contribution in [3.63, 3.8) is 0 Å². The van der Waals surface area contributed by atoms with Crippen molar-refractivity contribution in [1.82, 2.24) is 15.3 Å². The highest BCUT2D eigenvalue weighted by Crippen LogP contribution is 2.30. The molecule has 1 unspecified atom stereocenters. The van der Waals surface area contributed by atoms with Gasteiger partial charge in [0.05, 0.1) is 11.2 Å². The first-order chi connectivity index (χ1) is 14.5. The molecular formula is C20H24N6O3S. The van der Waals surface area contributed by atoms with Crippen molar-refractivity contribution in [2.45, 2.75) is 24.7 Å². The van der Waals surface area contributed by atoms with E-state index in [9.17, 15) is 9.00 Å². The molecule has 4 rings (SSSR count). The lowest BCUT2D eigenvalue weighted by atomic mass is 9.97. The third kappa shape index (κ3) is 4.60. The number of carbonyl (C=O) groups is 1. The zero-order chi connectivity index (χ0) is 21.1. The minimum atomic E-state index is -1.51. The van der Waals surface area contributed by atoms with Gasteiger partial charge in [-0.15, -0.1) is 0 Å². The maximum absolute atomic E-state index is 11.4. The number of piperidine rings is 1. The molecule has 1 aliphatic heterocycles. The molecule has 1 saturated heterocycles. The zero-order valence-corrected chi connectivity index (χ0v) is 17.4. The standard InChI is InChI=1S/C20H24N6O3S/c1-13(27)22-12-14-6-9-26(10-7-14)19-18-17(8-11-29-18)24-20(25-19)23-15-2-4-16(5-3-15)30(21)28/h2-5,8,11,14H,6-7,9-10,12,21H2,1H3,(H,22,27)(H,23,24,25). The maximum Gasteiger partial charge on any atom is 0.229 e. The summed E-state index contributed by atoms with van der Waals surface area (Å²) in [5, 5.41) is 11.5. The van der Waals surface area contributed by atoms with E-state index in [-0.39, 0.29) is 5.91 Å².